The Morgan fingerprint density at radius 1 is 0.262 bits per heavy atom. The number of carbonyl (C=O) groups is 6. The van der Waals surface area contributed by atoms with Crippen molar-refractivity contribution in [1.29, 1.82) is 0 Å². The van der Waals surface area contributed by atoms with E-state index in [0.717, 1.165) is 206 Å². The molecule has 0 rings (SSSR count). The van der Waals surface area contributed by atoms with Gasteiger partial charge in [-0.3, -0.25) is 28.8 Å². The molecule has 0 aliphatic rings. The molecule has 2 amide bonds. The molecule has 632 valence electrons. The van der Waals surface area contributed by atoms with Crippen LogP contribution < -0.4 is 10.6 Å². The number of hydrogen-bond donors (Lipinski definition) is 2. The van der Waals surface area contributed by atoms with Crippen LogP contribution in [-0.4, -0.2) is 123 Å². The Bertz CT molecular complexity index is 1910. The molecule has 1 atom stereocenters. The molecule has 0 aliphatic heterocycles. The third kappa shape index (κ3) is 76.5. The summed E-state index contributed by atoms with van der Waals surface area (Å²) in [6.45, 7) is 22.4. The van der Waals surface area contributed by atoms with Gasteiger partial charge in [-0.25, -0.2) is 0 Å². The van der Waals surface area contributed by atoms with Gasteiger partial charge in [0, 0.05) is 64.2 Å². The molecule has 2 N–H and O–H groups in total. The van der Waals surface area contributed by atoms with Crippen LogP contribution in [0.5, 0.6) is 0 Å². The molecule has 0 fully saturated rings. The minimum atomic E-state index is -0.473. The van der Waals surface area contributed by atoms with Crippen molar-refractivity contribution >= 4 is 35.7 Å². The van der Waals surface area contributed by atoms with Gasteiger partial charge in [-0.2, -0.15) is 0 Å². The van der Waals surface area contributed by atoms with E-state index in [4.69, 9.17) is 18.9 Å². The molecule has 0 saturated heterocycles. The Hall–Kier alpha value is -3.26. The fourth-order valence-electron chi connectivity index (χ4n) is 14.8. The number of ether oxygens (including phenoxy) is 4. The average Bonchev–Trinajstić information content (AvgIpc) is 0.992. The Labute approximate surface area is 662 Å². The molecular formula is C93H180N4O10. The number of unbranched alkanes of at least 4 members (excludes halogenated alkanes) is 48. The molecule has 1 unspecified atom stereocenters. The normalized spacial score (nSPS) is 11.9. The number of hydrogen-bond acceptors (Lipinski definition) is 12. The molecule has 0 aromatic heterocycles. The lowest BCUT2D eigenvalue weighted by molar-refractivity contribution is -0.151. The smallest absolute Gasteiger partial charge is 0.306 e. The van der Waals surface area contributed by atoms with Crippen LogP contribution in [-0.2, 0) is 47.7 Å². The van der Waals surface area contributed by atoms with Crippen molar-refractivity contribution in [3.05, 3.63) is 0 Å². The monoisotopic (exact) mass is 1510 g/mol. The lowest BCUT2D eigenvalue weighted by Crippen LogP contribution is -2.40. The third-order valence-corrected chi connectivity index (χ3v) is 22.0. The second-order valence-electron chi connectivity index (χ2n) is 32.6. The van der Waals surface area contributed by atoms with E-state index in [1.165, 1.54) is 218 Å². The first-order chi connectivity index (χ1) is 52.4. The summed E-state index contributed by atoms with van der Waals surface area (Å²) in [5.41, 5.74) is 0. The zero-order valence-corrected chi connectivity index (χ0v) is 72.2. The Balaban J connectivity index is 5.46. The van der Waals surface area contributed by atoms with E-state index in [2.05, 4.69) is 62.0 Å². The van der Waals surface area contributed by atoms with Crippen LogP contribution in [0, 0.1) is 5.92 Å². The van der Waals surface area contributed by atoms with Crippen LogP contribution in [0.2, 0.25) is 0 Å². The van der Waals surface area contributed by atoms with Gasteiger partial charge in [0.25, 0.3) is 0 Å². The van der Waals surface area contributed by atoms with Crippen molar-refractivity contribution < 1.29 is 47.7 Å². The minimum Gasteiger partial charge on any atom is -0.466 e. The Morgan fingerprint density at radius 3 is 0.794 bits per heavy atom. The van der Waals surface area contributed by atoms with Crippen molar-refractivity contribution in [3.63, 3.8) is 0 Å². The van der Waals surface area contributed by atoms with E-state index in [0.29, 0.717) is 65.1 Å². The molecule has 0 bridgehead atoms. The predicted octanol–water partition coefficient (Wildman–Crippen LogP) is 25.6. The van der Waals surface area contributed by atoms with E-state index in [1.807, 2.05) is 6.92 Å². The second kappa shape index (κ2) is 83.7. The Kier molecular flexibility index (Phi) is 81.1. The minimum absolute atomic E-state index is 0.0269. The zero-order valence-electron chi connectivity index (χ0n) is 72.2. The van der Waals surface area contributed by atoms with E-state index < -0.39 is 5.92 Å². The van der Waals surface area contributed by atoms with Gasteiger partial charge in [0.05, 0.1) is 13.2 Å². The molecule has 14 heteroatoms. The third-order valence-electron chi connectivity index (χ3n) is 22.0. The number of nitrogens with zero attached hydrogens (tertiary/aromatic N) is 2. The number of rotatable bonds is 87. The highest BCUT2D eigenvalue weighted by Gasteiger charge is 2.20. The van der Waals surface area contributed by atoms with Crippen molar-refractivity contribution in [2.24, 2.45) is 5.92 Å². The number of amides is 2. The molecular weight excluding hydrogens is 1330 g/mol. The van der Waals surface area contributed by atoms with Gasteiger partial charge in [0.15, 0.2) is 0 Å². The highest BCUT2D eigenvalue weighted by Crippen LogP contribution is 2.22. The molecule has 0 aromatic carbocycles. The summed E-state index contributed by atoms with van der Waals surface area (Å²) >= 11 is 0. The zero-order chi connectivity index (χ0) is 78.0. The molecule has 0 heterocycles. The quantitative estimate of drug-likeness (QED) is 0.0336. The number of esters is 4. The van der Waals surface area contributed by atoms with Crippen LogP contribution in [0.1, 0.15) is 479 Å². The Morgan fingerprint density at radius 2 is 0.495 bits per heavy atom. The first kappa shape index (κ1) is 104. The SMILES string of the molecule is CCCCCCCCCCCOC(=O)CCCCCN(CCCCCCCC(=O)OC(CCCCCCCC)CCCCCCCC)CCNC(=O)CC(C)C(=O)NCCN(CCCCCCCC(=O)OC(CCCCCCCC)CCCCCCCC)CCCCCC(=O)OCCCCCCCCCCC. The summed E-state index contributed by atoms with van der Waals surface area (Å²) in [5.74, 6) is -0.942. The van der Waals surface area contributed by atoms with Crippen LogP contribution in [0.25, 0.3) is 0 Å². The van der Waals surface area contributed by atoms with Crippen molar-refractivity contribution in [1.82, 2.24) is 20.4 Å². The van der Waals surface area contributed by atoms with Crippen molar-refractivity contribution in [2.45, 2.75) is 491 Å². The maximum atomic E-state index is 13.6. The van der Waals surface area contributed by atoms with Gasteiger partial charge < -0.3 is 39.4 Å². The molecule has 0 saturated carbocycles. The largest absolute Gasteiger partial charge is 0.466 e. The maximum Gasteiger partial charge on any atom is 0.306 e. The molecule has 107 heavy (non-hydrogen) atoms. The summed E-state index contributed by atoms with van der Waals surface area (Å²) in [6.07, 6.45) is 73.8. The summed E-state index contributed by atoms with van der Waals surface area (Å²) in [4.78, 5) is 83.4. The van der Waals surface area contributed by atoms with Gasteiger partial charge in [-0.1, -0.05) is 331 Å². The predicted molar refractivity (Wildman–Crippen MR) is 453 cm³/mol. The van der Waals surface area contributed by atoms with E-state index >= 15 is 0 Å². The topological polar surface area (TPSA) is 170 Å². The van der Waals surface area contributed by atoms with Crippen LogP contribution in [0.3, 0.4) is 0 Å². The van der Waals surface area contributed by atoms with Crippen molar-refractivity contribution in [3.8, 4) is 0 Å². The van der Waals surface area contributed by atoms with Crippen LogP contribution >= 0.6 is 0 Å². The summed E-state index contributed by atoms with van der Waals surface area (Å²) in [7, 11) is 0. The lowest BCUT2D eigenvalue weighted by Gasteiger charge is -2.23. The van der Waals surface area contributed by atoms with Gasteiger partial charge >= 0.3 is 23.9 Å². The van der Waals surface area contributed by atoms with Gasteiger partial charge in [0.1, 0.15) is 12.2 Å². The van der Waals surface area contributed by atoms with Gasteiger partial charge in [-0.05, 0) is 142 Å². The molecule has 0 spiro atoms. The maximum absolute atomic E-state index is 13.6. The summed E-state index contributed by atoms with van der Waals surface area (Å²) in [6, 6.07) is 0. The highest BCUT2D eigenvalue weighted by molar-refractivity contribution is 5.85. The standard InChI is InChI=1S/C93H180N4O10/c1-8-14-20-26-32-34-36-48-64-82-104-89(99)70-58-50-62-78-96(76-60-46-38-44-56-72-91(101)106-86(66-52-40-28-22-16-10-3)67-53-41-29-23-17-11-4)80-74-94-88(98)84-85(7)93(103)95-75-81-97(79-63-51-59-71-90(100)105-83-65-49-37-35-33-27-21-15-9-2)77-61-47-39-45-57-73-92(102)107-87(68-54-42-30-24-18-12-5)69-55-43-31-25-19-13-6/h85-87H,8-84H2,1-7H3,(H,94,98)(H,95,103). The molecule has 14 nitrogen and oxygen atoms in total. The van der Waals surface area contributed by atoms with Crippen molar-refractivity contribution in [2.75, 3.05) is 65.6 Å². The average molecular weight is 1510 g/mol. The molecule has 0 radical (unpaired) electrons. The molecule has 0 aromatic rings. The first-order valence-corrected chi connectivity index (χ1v) is 47.1. The first-order valence-electron chi connectivity index (χ1n) is 47.1. The second-order valence-corrected chi connectivity index (χ2v) is 32.6. The summed E-state index contributed by atoms with van der Waals surface area (Å²) in [5, 5.41) is 6.30. The van der Waals surface area contributed by atoms with Crippen LogP contribution in [0.15, 0.2) is 0 Å². The van der Waals surface area contributed by atoms with E-state index in [1.54, 1.807) is 0 Å². The fourth-order valence-corrected chi connectivity index (χ4v) is 14.8. The summed E-state index contributed by atoms with van der Waals surface area (Å²) < 4.78 is 23.5. The molecule has 0 aliphatic carbocycles. The lowest BCUT2D eigenvalue weighted by atomic mass is 10.0. The van der Waals surface area contributed by atoms with Crippen LogP contribution in [0.4, 0.5) is 0 Å². The number of carbonyl (C=O) groups excluding carboxylic acids is 6. The highest BCUT2D eigenvalue weighted by atomic mass is 16.6. The van der Waals surface area contributed by atoms with Gasteiger partial charge in [0.2, 0.25) is 11.8 Å². The van der Waals surface area contributed by atoms with Gasteiger partial charge in [-0.15, -0.1) is 0 Å². The number of nitrogens with one attached hydrogen (secondary N) is 2. The van der Waals surface area contributed by atoms with E-state index in [9.17, 15) is 28.8 Å². The fraction of sp³-hybridized carbons (Fsp3) is 0.935. The van der Waals surface area contributed by atoms with E-state index in [-0.39, 0.29) is 54.3 Å².